The molecular weight excluding hydrogens is 372 g/mol. The smallest absolute Gasteiger partial charge is 0.371 e. The number of benzene rings is 1. The van der Waals surface area contributed by atoms with Crippen molar-refractivity contribution in [2.45, 2.75) is 50.7 Å². The van der Waals surface area contributed by atoms with Crippen molar-refractivity contribution in [3.63, 3.8) is 0 Å². The Labute approximate surface area is 168 Å². The predicted molar refractivity (Wildman–Crippen MR) is 104 cm³/mol. The van der Waals surface area contributed by atoms with Gasteiger partial charge in [0.05, 0.1) is 6.54 Å². The van der Waals surface area contributed by atoms with Crippen molar-refractivity contribution in [2.24, 2.45) is 5.92 Å². The summed E-state index contributed by atoms with van der Waals surface area (Å²) >= 11 is 0. The van der Waals surface area contributed by atoms with Crippen molar-refractivity contribution in [3.8, 4) is 0 Å². The summed E-state index contributed by atoms with van der Waals surface area (Å²) in [6, 6.07) is 11.5. The zero-order valence-corrected chi connectivity index (χ0v) is 16.0. The van der Waals surface area contributed by atoms with E-state index in [9.17, 15) is 14.4 Å². The molecule has 2 N–H and O–H groups in total. The number of hydrogen-bond donors (Lipinski definition) is 2. The monoisotopic (exact) mass is 396 g/mol. The van der Waals surface area contributed by atoms with Gasteiger partial charge in [-0.2, -0.15) is 0 Å². The van der Waals surface area contributed by atoms with E-state index in [0.29, 0.717) is 23.7 Å². The van der Waals surface area contributed by atoms with Gasteiger partial charge in [-0.15, -0.1) is 0 Å². The number of furan rings is 1. The predicted octanol–water partition coefficient (Wildman–Crippen LogP) is 3.07. The van der Waals surface area contributed by atoms with Gasteiger partial charge >= 0.3 is 5.97 Å². The summed E-state index contributed by atoms with van der Waals surface area (Å²) < 4.78 is 5.20. The van der Waals surface area contributed by atoms with Gasteiger partial charge in [-0.3, -0.25) is 9.59 Å². The van der Waals surface area contributed by atoms with Gasteiger partial charge in [-0.25, -0.2) is 4.79 Å². The molecule has 2 aromatic rings. The number of hydrogen-bond acceptors (Lipinski definition) is 4. The molecule has 3 unspecified atom stereocenters. The summed E-state index contributed by atoms with van der Waals surface area (Å²) in [5, 5.41) is 11.8. The SMILES string of the molecule is O=C(O)c1ccc(CNC(=O)C2CC3CCCCC3N2C(=O)c2ccccc2)o1. The Hall–Kier alpha value is -3.09. The molecule has 1 aliphatic heterocycles. The van der Waals surface area contributed by atoms with E-state index in [1.54, 1.807) is 17.0 Å². The molecule has 2 heterocycles. The summed E-state index contributed by atoms with van der Waals surface area (Å²) in [5.41, 5.74) is 0.591. The van der Waals surface area contributed by atoms with E-state index in [1.165, 1.54) is 12.1 Å². The van der Waals surface area contributed by atoms with Gasteiger partial charge in [-0.1, -0.05) is 31.0 Å². The molecule has 2 amide bonds. The van der Waals surface area contributed by atoms with Gasteiger partial charge in [-0.05, 0) is 49.4 Å². The normalized spacial score (nSPS) is 23.4. The maximum atomic E-state index is 13.2. The fourth-order valence-electron chi connectivity index (χ4n) is 4.60. The van der Waals surface area contributed by atoms with Crippen molar-refractivity contribution >= 4 is 17.8 Å². The Kier molecular flexibility index (Phi) is 5.38. The molecule has 152 valence electrons. The van der Waals surface area contributed by atoms with Crippen molar-refractivity contribution < 1.29 is 23.9 Å². The zero-order chi connectivity index (χ0) is 20.4. The number of fused-ring (bicyclic) bond motifs is 1. The lowest BCUT2D eigenvalue weighted by Gasteiger charge is -2.33. The second-order valence-electron chi connectivity index (χ2n) is 7.73. The van der Waals surface area contributed by atoms with Gasteiger partial charge in [0.1, 0.15) is 11.8 Å². The third-order valence-corrected chi connectivity index (χ3v) is 5.96. The van der Waals surface area contributed by atoms with E-state index >= 15 is 0 Å². The van der Waals surface area contributed by atoms with Crippen LogP contribution in [-0.4, -0.2) is 39.9 Å². The lowest BCUT2D eigenvalue weighted by molar-refractivity contribution is -0.125. The van der Waals surface area contributed by atoms with Crippen molar-refractivity contribution in [2.75, 3.05) is 0 Å². The first kappa shape index (κ1) is 19.2. The average molecular weight is 396 g/mol. The van der Waals surface area contributed by atoms with Crippen molar-refractivity contribution in [1.82, 2.24) is 10.2 Å². The molecule has 1 saturated carbocycles. The molecule has 7 heteroatoms. The van der Waals surface area contributed by atoms with E-state index in [4.69, 9.17) is 9.52 Å². The highest BCUT2D eigenvalue weighted by Gasteiger charge is 2.47. The second kappa shape index (κ2) is 8.11. The zero-order valence-electron chi connectivity index (χ0n) is 16.0. The van der Waals surface area contributed by atoms with E-state index in [2.05, 4.69) is 5.32 Å². The van der Waals surface area contributed by atoms with Crippen molar-refractivity contribution in [3.05, 3.63) is 59.5 Å². The summed E-state index contributed by atoms with van der Waals surface area (Å²) in [7, 11) is 0. The molecule has 7 nitrogen and oxygen atoms in total. The Balaban J connectivity index is 1.50. The lowest BCUT2D eigenvalue weighted by Crippen LogP contribution is -2.49. The Bertz CT molecular complexity index is 907. The maximum absolute atomic E-state index is 13.2. The first-order chi connectivity index (χ1) is 14.0. The number of nitrogens with zero attached hydrogens (tertiary/aromatic N) is 1. The fourth-order valence-corrected chi connectivity index (χ4v) is 4.60. The number of carbonyl (C=O) groups excluding carboxylic acids is 2. The molecule has 1 aromatic heterocycles. The molecule has 4 rings (SSSR count). The van der Waals surface area contributed by atoms with Crippen LogP contribution in [0, 0.1) is 5.92 Å². The number of likely N-dealkylation sites (tertiary alicyclic amines) is 1. The van der Waals surface area contributed by atoms with Crippen LogP contribution in [0.1, 0.15) is 58.8 Å². The Morgan fingerprint density at radius 2 is 1.83 bits per heavy atom. The third kappa shape index (κ3) is 3.90. The number of carboxylic acid groups (broad SMARTS) is 1. The molecular formula is C22H24N2O5. The van der Waals surface area contributed by atoms with Gasteiger partial charge in [0.25, 0.3) is 5.91 Å². The van der Waals surface area contributed by atoms with E-state index in [-0.39, 0.29) is 30.2 Å². The maximum Gasteiger partial charge on any atom is 0.371 e. The molecule has 0 spiro atoms. The number of carboxylic acids is 1. The second-order valence-corrected chi connectivity index (χ2v) is 7.73. The van der Waals surface area contributed by atoms with E-state index < -0.39 is 12.0 Å². The lowest BCUT2D eigenvalue weighted by atomic mass is 9.84. The average Bonchev–Trinajstić information content (AvgIpc) is 3.37. The highest BCUT2D eigenvalue weighted by molar-refractivity contribution is 5.98. The molecule has 2 aliphatic rings. The topological polar surface area (TPSA) is 99.9 Å². The molecule has 2 fully saturated rings. The van der Waals surface area contributed by atoms with E-state index in [1.807, 2.05) is 18.2 Å². The molecule has 1 saturated heterocycles. The molecule has 3 atom stereocenters. The van der Waals surface area contributed by atoms with Crippen LogP contribution in [0.15, 0.2) is 46.9 Å². The quantitative estimate of drug-likeness (QED) is 0.809. The van der Waals surface area contributed by atoms with Gasteiger partial charge < -0.3 is 19.7 Å². The Morgan fingerprint density at radius 1 is 1.07 bits per heavy atom. The van der Waals surface area contributed by atoms with Gasteiger partial charge in [0.15, 0.2) is 0 Å². The largest absolute Gasteiger partial charge is 0.475 e. The number of aromatic carboxylic acids is 1. The van der Waals surface area contributed by atoms with Crippen LogP contribution in [0.4, 0.5) is 0 Å². The summed E-state index contributed by atoms with van der Waals surface area (Å²) in [6.07, 6.45) is 4.82. The minimum atomic E-state index is -1.15. The number of amides is 2. The van der Waals surface area contributed by atoms with Gasteiger partial charge in [0, 0.05) is 11.6 Å². The van der Waals surface area contributed by atoms with Crippen LogP contribution in [0.5, 0.6) is 0 Å². The number of nitrogens with one attached hydrogen (secondary N) is 1. The molecule has 1 aromatic carbocycles. The van der Waals surface area contributed by atoms with Crippen LogP contribution in [0.3, 0.4) is 0 Å². The minimum absolute atomic E-state index is 0.0886. The van der Waals surface area contributed by atoms with Crippen LogP contribution in [0.2, 0.25) is 0 Å². The summed E-state index contributed by atoms with van der Waals surface area (Å²) in [4.78, 5) is 38.9. The molecule has 0 bridgehead atoms. The first-order valence-electron chi connectivity index (χ1n) is 10.0. The standard InChI is InChI=1S/C22H24N2O5/c25-20(23-13-16-10-11-19(29-16)22(27)28)18-12-15-8-4-5-9-17(15)24(18)21(26)14-6-2-1-3-7-14/h1-3,6-7,10-11,15,17-18H,4-5,8-9,12-13H2,(H,23,25)(H,27,28). The van der Waals surface area contributed by atoms with Crippen LogP contribution in [-0.2, 0) is 11.3 Å². The van der Waals surface area contributed by atoms with Crippen LogP contribution >= 0.6 is 0 Å². The molecule has 29 heavy (non-hydrogen) atoms. The Morgan fingerprint density at radius 3 is 2.55 bits per heavy atom. The molecule has 1 aliphatic carbocycles. The first-order valence-corrected chi connectivity index (χ1v) is 10.0. The summed E-state index contributed by atoms with van der Waals surface area (Å²) in [5.74, 6) is -0.936. The summed E-state index contributed by atoms with van der Waals surface area (Å²) in [6.45, 7) is 0.0886. The molecule has 0 radical (unpaired) electrons. The number of carbonyl (C=O) groups is 3. The fraction of sp³-hybridized carbons (Fsp3) is 0.409. The third-order valence-electron chi connectivity index (χ3n) is 5.96. The van der Waals surface area contributed by atoms with Crippen molar-refractivity contribution in [1.29, 1.82) is 0 Å². The minimum Gasteiger partial charge on any atom is -0.475 e. The highest BCUT2D eigenvalue weighted by Crippen LogP contribution is 2.40. The van der Waals surface area contributed by atoms with Gasteiger partial charge in [0.2, 0.25) is 11.7 Å². The van der Waals surface area contributed by atoms with E-state index in [0.717, 1.165) is 25.7 Å². The highest BCUT2D eigenvalue weighted by atomic mass is 16.4. The number of rotatable bonds is 5. The van der Waals surface area contributed by atoms with Crippen LogP contribution < -0.4 is 5.32 Å². The van der Waals surface area contributed by atoms with Crippen LogP contribution in [0.25, 0.3) is 0 Å².